The van der Waals surface area contributed by atoms with Crippen LogP contribution in [0.15, 0.2) is 30.3 Å². The second-order valence-electron chi connectivity index (χ2n) is 3.18. The number of para-hydroxylation sites is 1. The first-order chi connectivity index (χ1) is 6.77. The van der Waals surface area contributed by atoms with Gasteiger partial charge in [-0.3, -0.25) is 0 Å². The second kappa shape index (κ2) is 6.04. The molecule has 0 aliphatic rings. The number of hydrogen-bond acceptors (Lipinski definition) is 2. The van der Waals surface area contributed by atoms with E-state index in [1.807, 2.05) is 18.2 Å². The van der Waals surface area contributed by atoms with Crippen molar-refractivity contribution in [3.8, 4) is 0 Å². The maximum absolute atomic E-state index is 9.53. The van der Waals surface area contributed by atoms with Crippen LogP contribution in [-0.2, 0) is 0 Å². The number of hydrogen-bond donors (Lipinski definition) is 1. The van der Waals surface area contributed by atoms with Crippen molar-refractivity contribution in [3.05, 3.63) is 30.3 Å². The van der Waals surface area contributed by atoms with Gasteiger partial charge in [-0.25, -0.2) is 0 Å². The zero-order chi connectivity index (χ0) is 10.4. The lowest BCUT2D eigenvalue weighted by Crippen LogP contribution is -2.33. The fraction of sp³-hybridized carbons (Fsp3) is 0.455. The van der Waals surface area contributed by atoms with Crippen LogP contribution in [0, 0.1) is 0 Å². The largest absolute Gasteiger partial charge is 0.390 e. The summed E-state index contributed by atoms with van der Waals surface area (Å²) in [5.41, 5.74) is 1.16. The summed E-state index contributed by atoms with van der Waals surface area (Å²) in [6.45, 7) is 3.67. The molecule has 0 saturated carbocycles. The van der Waals surface area contributed by atoms with Gasteiger partial charge < -0.3 is 10.0 Å². The Hall–Kier alpha value is -0.540. The Morgan fingerprint density at radius 2 is 2.00 bits per heavy atom. The predicted octanol–water partition coefficient (Wildman–Crippen LogP) is 2.27. The molecule has 1 aromatic rings. The maximum atomic E-state index is 9.53. The van der Waals surface area contributed by atoms with Crippen LogP contribution in [0.3, 0.4) is 0 Å². The number of aliphatic hydroxyl groups is 1. The van der Waals surface area contributed by atoms with E-state index in [4.69, 9.17) is 0 Å². The lowest BCUT2D eigenvalue weighted by atomic mass is 10.2. The number of anilines is 1. The van der Waals surface area contributed by atoms with Crippen molar-refractivity contribution >= 4 is 21.6 Å². The second-order valence-corrected chi connectivity index (χ2v) is 3.83. The zero-order valence-electron chi connectivity index (χ0n) is 8.36. The van der Waals surface area contributed by atoms with Crippen molar-refractivity contribution in [1.29, 1.82) is 0 Å². The Kier molecular flexibility index (Phi) is 4.98. The van der Waals surface area contributed by atoms with Crippen LogP contribution in [0.1, 0.15) is 6.92 Å². The molecule has 0 aromatic heterocycles. The summed E-state index contributed by atoms with van der Waals surface area (Å²) in [4.78, 5) is 2.16. The van der Waals surface area contributed by atoms with Gasteiger partial charge in [-0.15, -0.1) is 0 Å². The average molecular weight is 258 g/mol. The van der Waals surface area contributed by atoms with Crippen LogP contribution in [-0.4, -0.2) is 29.6 Å². The van der Waals surface area contributed by atoms with E-state index in [9.17, 15) is 5.11 Å². The lowest BCUT2D eigenvalue weighted by Gasteiger charge is -2.25. The van der Waals surface area contributed by atoms with Gasteiger partial charge in [0.2, 0.25) is 0 Å². The van der Waals surface area contributed by atoms with Crippen LogP contribution in [0.5, 0.6) is 0 Å². The Morgan fingerprint density at radius 3 is 2.50 bits per heavy atom. The minimum Gasteiger partial charge on any atom is -0.390 e. The van der Waals surface area contributed by atoms with Gasteiger partial charge >= 0.3 is 0 Å². The van der Waals surface area contributed by atoms with Gasteiger partial charge in [-0.2, -0.15) is 0 Å². The third kappa shape index (κ3) is 3.31. The van der Waals surface area contributed by atoms with Crippen molar-refractivity contribution in [3.63, 3.8) is 0 Å². The highest BCUT2D eigenvalue weighted by Crippen LogP contribution is 2.13. The van der Waals surface area contributed by atoms with E-state index in [2.05, 4.69) is 39.9 Å². The molecule has 0 fully saturated rings. The zero-order valence-corrected chi connectivity index (χ0v) is 9.94. The summed E-state index contributed by atoms with van der Waals surface area (Å²) < 4.78 is 0. The Bertz CT molecular complexity index is 253. The molecule has 1 aromatic carbocycles. The smallest absolute Gasteiger partial charge is 0.0811 e. The molecule has 3 heteroatoms. The standard InChI is InChI=1S/C11H16BrNO/c1-2-13(9-11(14)8-12)10-6-4-3-5-7-10/h3-7,11,14H,2,8-9H2,1H3. The van der Waals surface area contributed by atoms with Crippen LogP contribution in [0.2, 0.25) is 0 Å². The van der Waals surface area contributed by atoms with Gasteiger partial charge in [-0.05, 0) is 19.1 Å². The molecule has 0 amide bonds. The molecule has 0 spiro atoms. The minimum atomic E-state index is -0.310. The van der Waals surface area contributed by atoms with Gasteiger partial charge in [0.1, 0.15) is 0 Å². The highest BCUT2D eigenvalue weighted by Gasteiger charge is 2.08. The molecular formula is C11H16BrNO. The lowest BCUT2D eigenvalue weighted by molar-refractivity contribution is 0.206. The monoisotopic (exact) mass is 257 g/mol. The van der Waals surface area contributed by atoms with Gasteiger partial charge in [0, 0.05) is 24.1 Å². The van der Waals surface area contributed by atoms with Crippen molar-refractivity contribution in [2.45, 2.75) is 13.0 Å². The van der Waals surface area contributed by atoms with Crippen molar-refractivity contribution in [2.24, 2.45) is 0 Å². The molecule has 0 saturated heterocycles. The Balaban J connectivity index is 2.63. The Labute approximate surface area is 93.7 Å². The molecule has 1 atom stereocenters. The fourth-order valence-electron chi connectivity index (χ4n) is 1.36. The first-order valence-electron chi connectivity index (χ1n) is 4.82. The van der Waals surface area contributed by atoms with E-state index < -0.39 is 0 Å². The number of rotatable bonds is 5. The highest BCUT2D eigenvalue weighted by molar-refractivity contribution is 9.09. The molecule has 2 nitrogen and oxygen atoms in total. The molecule has 1 unspecified atom stereocenters. The van der Waals surface area contributed by atoms with E-state index in [0.29, 0.717) is 11.9 Å². The predicted molar refractivity (Wildman–Crippen MR) is 64.1 cm³/mol. The number of benzene rings is 1. The molecule has 0 aliphatic heterocycles. The van der Waals surface area contributed by atoms with Crippen LogP contribution >= 0.6 is 15.9 Å². The first-order valence-corrected chi connectivity index (χ1v) is 5.94. The molecule has 0 bridgehead atoms. The minimum absolute atomic E-state index is 0.310. The third-order valence-electron chi connectivity index (χ3n) is 2.11. The normalized spacial score (nSPS) is 12.5. The van der Waals surface area contributed by atoms with Gasteiger partial charge in [0.05, 0.1) is 6.10 Å². The fourth-order valence-corrected chi connectivity index (χ4v) is 1.56. The first kappa shape index (κ1) is 11.5. The van der Waals surface area contributed by atoms with E-state index in [1.165, 1.54) is 0 Å². The molecule has 0 radical (unpaired) electrons. The molecule has 0 heterocycles. The van der Waals surface area contributed by atoms with Crippen LogP contribution in [0.25, 0.3) is 0 Å². The molecule has 1 rings (SSSR count). The van der Waals surface area contributed by atoms with Gasteiger partial charge in [-0.1, -0.05) is 34.1 Å². The molecule has 14 heavy (non-hydrogen) atoms. The number of nitrogens with zero attached hydrogens (tertiary/aromatic N) is 1. The topological polar surface area (TPSA) is 23.5 Å². The SMILES string of the molecule is CCN(CC(O)CBr)c1ccccc1. The van der Waals surface area contributed by atoms with E-state index in [0.717, 1.165) is 12.2 Å². The van der Waals surface area contributed by atoms with Crippen LogP contribution < -0.4 is 4.90 Å². The van der Waals surface area contributed by atoms with E-state index >= 15 is 0 Å². The summed E-state index contributed by atoms with van der Waals surface area (Å²) in [6.07, 6.45) is -0.310. The van der Waals surface area contributed by atoms with Crippen molar-refractivity contribution < 1.29 is 5.11 Å². The molecule has 1 N–H and O–H groups in total. The van der Waals surface area contributed by atoms with Gasteiger partial charge in [0.15, 0.2) is 0 Å². The summed E-state index contributed by atoms with van der Waals surface area (Å²) in [5.74, 6) is 0. The number of aliphatic hydroxyl groups excluding tert-OH is 1. The number of likely N-dealkylation sites (N-methyl/N-ethyl adjacent to an activating group) is 1. The van der Waals surface area contributed by atoms with Crippen molar-refractivity contribution in [1.82, 2.24) is 0 Å². The third-order valence-corrected chi connectivity index (χ3v) is 2.86. The molecule has 78 valence electrons. The maximum Gasteiger partial charge on any atom is 0.0811 e. The van der Waals surface area contributed by atoms with E-state index in [-0.39, 0.29) is 6.10 Å². The number of halogens is 1. The van der Waals surface area contributed by atoms with Crippen molar-refractivity contribution in [2.75, 3.05) is 23.3 Å². The van der Waals surface area contributed by atoms with Gasteiger partial charge in [0.25, 0.3) is 0 Å². The molecular weight excluding hydrogens is 242 g/mol. The number of alkyl halides is 1. The summed E-state index contributed by atoms with van der Waals surface area (Å²) in [5, 5.41) is 10.2. The highest BCUT2D eigenvalue weighted by atomic mass is 79.9. The van der Waals surface area contributed by atoms with E-state index in [1.54, 1.807) is 0 Å². The molecule has 0 aliphatic carbocycles. The average Bonchev–Trinajstić information content (AvgIpc) is 2.26. The van der Waals surface area contributed by atoms with Crippen LogP contribution in [0.4, 0.5) is 5.69 Å². The summed E-state index contributed by atoms with van der Waals surface area (Å²) in [6, 6.07) is 10.1. The Morgan fingerprint density at radius 1 is 1.36 bits per heavy atom. The summed E-state index contributed by atoms with van der Waals surface area (Å²) >= 11 is 3.27. The quantitative estimate of drug-likeness (QED) is 0.819. The summed E-state index contributed by atoms with van der Waals surface area (Å²) in [7, 11) is 0.